The number of anilines is 1. The Morgan fingerprint density at radius 3 is 2.69 bits per heavy atom. The molecular weight excluding hydrogens is 330 g/mol. The Morgan fingerprint density at radius 2 is 2.00 bits per heavy atom. The number of hydrogen-bond acceptors (Lipinski definition) is 3. The number of piperidine rings is 1. The number of rotatable bonds is 4. The van der Waals surface area contributed by atoms with Gasteiger partial charge in [-0.25, -0.2) is 0 Å². The lowest BCUT2D eigenvalue weighted by molar-refractivity contribution is -0.130. The summed E-state index contributed by atoms with van der Waals surface area (Å²) in [5.41, 5.74) is 2.46. The van der Waals surface area contributed by atoms with Gasteiger partial charge in [0.15, 0.2) is 0 Å². The molecule has 0 spiro atoms. The zero-order valence-electron chi connectivity index (χ0n) is 15.5. The molecule has 1 atom stereocenters. The molecule has 1 aromatic carbocycles. The summed E-state index contributed by atoms with van der Waals surface area (Å²) in [6, 6.07) is 5.54. The SMILES string of the molecule is CC(=O)N1CCC(CC(C)NC(=O)c2ccc3c(c2)CCC(=O)N3)CC1. The molecule has 3 amide bonds. The third-order valence-electron chi connectivity index (χ3n) is 5.39. The van der Waals surface area contributed by atoms with Crippen molar-refractivity contribution in [1.29, 1.82) is 0 Å². The van der Waals surface area contributed by atoms with Crippen molar-refractivity contribution in [2.24, 2.45) is 5.92 Å². The Bertz CT molecular complexity index is 708. The summed E-state index contributed by atoms with van der Waals surface area (Å²) in [5, 5.41) is 5.92. The number of fused-ring (bicyclic) bond motifs is 1. The van der Waals surface area contributed by atoms with Gasteiger partial charge in [0.05, 0.1) is 0 Å². The highest BCUT2D eigenvalue weighted by Crippen LogP contribution is 2.24. The number of aryl methyl sites for hydroxylation is 1. The van der Waals surface area contributed by atoms with E-state index in [1.807, 2.05) is 24.0 Å². The smallest absolute Gasteiger partial charge is 0.251 e. The minimum Gasteiger partial charge on any atom is -0.350 e. The van der Waals surface area contributed by atoms with Gasteiger partial charge in [0.25, 0.3) is 5.91 Å². The van der Waals surface area contributed by atoms with Crippen molar-refractivity contribution >= 4 is 23.4 Å². The lowest BCUT2D eigenvalue weighted by atomic mass is 9.90. The molecular formula is C20H27N3O3. The van der Waals surface area contributed by atoms with Crippen LogP contribution in [0.5, 0.6) is 0 Å². The van der Waals surface area contributed by atoms with Gasteiger partial charge in [0.1, 0.15) is 0 Å². The number of carbonyl (C=O) groups is 3. The molecule has 0 radical (unpaired) electrons. The highest BCUT2D eigenvalue weighted by atomic mass is 16.2. The average molecular weight is 357 g/mol. The summed E-state index contributed by atoms with van der Waals surface area (Å²) in [4.78, 5) is 37.3. The summed E-state index contributed by atoms with van der Waals surface area (Å²) in [5.74, 6) is 0.644. The monoisotopic (exact) mass is 357 g/mol. The van der Waals surface area contributed by atoms with E-state index in [1.54, 1.807) is 13.0 Å². The zero-order valence-corrected chi connectivity index (χ0v) is 15.5. The van der Waals surface area contributed by atoms with Crippen molar-refractivity contribution in [1.82, 2.24) is 10.2 Å². The molecule has 3 rings (SSSR count). The van der Waals surface area contributed by atoms with Crippen LogP contribution in [0.3, 0.4) is 0 Å². The van der Waals surface area contributed by atoms with Crippen LogP contribution in [-0.4, -0.2) is 41.8 Å². The van der Waals surface area contributed by atoms with Crippen LogP contribution in [-0.2, 0) is 16.0 Å². The van der Waals surface area contributed by atoms with Crippen LogP contribution in [0.1, 0.15) is 55.5 Å². The van der Waals surface area contributed by atoms with Crippen molar-refractivity contribution in [3.05, 3.63) is 29.3 Å². The molecule has 1 saturated heterocycles. The predicted molar refractivity (Wildman–Crippen MR) is 99.9 cm³/mol. The fourth-order valence-corrected chi connectivity index (χ4v) is 3.87. The summed E-state index contributed by atoms with van der Waals surface area (Å²) in [6.45, 7) is 5.29. The quantitative estimate of drug-likeness (QED) is 0.868. The first-order valence-electron chi connectivity index (χ1n) is 9.41. The predicted octanol–water partition coefficient (Wildman–Crippen LogP) is 2.34. The Balaban J connectivity index is 1.52. The topological polar surface area (TPSA) is 78.5 Å². The molecule has 1 aromatic rings. The van der Waals surface area contributed by atoms with Gasteiger partial charge < -0.3 is 15.5 Å². The highest BCUT2D eigenvalue weighted by molar-refractivity contribution is 5.98. The molecule has 2 heterocycles. The maximum absolute atomic E-state index is 12.5. The van der Waals surface area contributed by atoms with Gasteiger partial charge in [-0.05, 0) is 62.3 Å². The molecule has 6 nitrogen and oxygen atoms in total. The standard InChI is InChI=1S/C20H27N3O3/c1-13(11-15-7-9-23(10-8-15)14(2)24)21-20(26)17-3-5-18-16(12-17)4-6-19(25)22-18/h3,5,12-13,15H,4,6-11H2,1-2H3,(H,21,26)(H,22,25). The van der Waals surface area contributed by atoms with E-state index in [-0.39, 0.29) is 23.8 Å². The van der Waals surface area contributed by atoms with Crippen molar-refractivity contribution in [2.75, 3.05) is 18.4 Å². The van der Waals surface area contributed by atoms with Crippen LogP contribution in [0.25, 0.3) is 0 Å². The van der Waals surface area contributed by atoms with E-state index in [4.69, 9.17) is 0 Å². The van der Waals surface area contributed by atoms with E-state index in [0.29, 0.717) is 24.3 Å². The lowest BCUT2D eigenvalue weighted by Crippen LogP contribution is -2.40. The Hall–Kier alpha value is -2.37. The third kappa shape index (κ3) is 4.42. The molecule has 0 aliphatic carbocycles. The number of nitrogens with zero attached hydrogens (tertiary/aromatic N) is 1. The molecule has 2 aliphatic rings. The van der Waals surface area contributed by atoms with Crippen LogP contribution >= 0.6 is 0 Å². The molecule has 1 fully saturated rings. The van der Waals surface area contributed by atoms with E-state index in [9.17, 15) is 14.4 Å². The van der Waals surface area contributed by atoms with Gasteiger partial charge in [0, 0.05) is 43.7 Å². The second-order valence-electron chi connectivity index (χ2n) is 7.48. The number of likely N-dealkylation sites (tertiary alicyclic amines) is 1. The number of carbonyl (C=O) groups excluding carboxylic acids is 3. The van der Waals surface area contributed by atoms with Crippen molar-refractivity contribution in [2.45, 2.75) is 52.0 Å². The molecule has 140 valence electrons. The van der Waals surface area contributed by atoms with Gasteiger partial charge >= 0.3 is 0 Å². The van der Waals surface area contributed by atoms with E-state index in [2.05, 4.69) is 10.6 Å². The average Bonchev–Trinajstić information content (AvgIpc) is 2.61. The van der Waals surface area contributed by atoms with Gasteiger partial charge in [-0.3, -0.25) is 14.4 Å². The zero-order chi connectivity index (χ0) is 18.7. The van der Waals surface area contributed by atoms with E-state index in [0.717, 1.165) is 43.6 Å². The maximum Gasteiger partial charge on any atom is 0.251 e. The van der Waals surface area contributed by atoms with Crippen molar-refractivity contribution < 1.29 is 14.4 Å². The van der Waals surface area contributed by atoms with Gasteiger partial charge in [0.2, 0.25) is 11.8 Å². The fraction of sp³-hybridized carbons (Fsp3) is 0.550. The first-order chi connectivity index (χ1) is 12.4. The van der Waals surface area contributed by atoms with Crippen molar-refractivity contribution in [3.8, 4) is 0 Å². The van der Waals surface area contributed by atoms with Gasteiger partial charge in [-0.15, -0.1) is 0 Å². The van der Waals surface area contributed by atoms with Crippen LogP contribution < -0.4 is 10.6 Å². The normalized spacial score (nSPS) is 18.7. The number of benzene rings is 1. The maximum atomic E-state index is 12.5. The van der Waals surface area contributed by atoms with Crippen molar-refractivity contribution in [3.63, 3.8) is 0 Å². The first kappa shape index (κ1) is 18.4. The minimum absolute atomic E-state index is 0.0270. The Labute approximate surface area is 154 Å². The molecule has 0 aromatic heterocycles. The van der Waals surface area contributed by atoms with Crippen LogP contribution in [0.2, 0.25) is 0 Å². The Morgan fingerprint density at radius 1 is 1.27 bits per heavy atom. The molecule has 0 saturated carbocycles. The fourth-order valence-electron chi connectivity index (χ4n) is 3.87. The van der Waals surface area contributed by atoms with E-state index in [1.165, 1.54) is 0 Å². The van der Waals surface area contributed by atoms with E-state index >= 15 is 0 Å². The Kier molecular flexibility index (Phi) is 5.59. The molecule has 0 bridgehead atoms. The minimum atomic E-state index is -0.0710. The van der Waals surface area contributed by atoms with E-state index < -0.39 is 0 Å². The van der Waals surface area contributed by atoms with Crippen LogP contribution in [0.4, 0.5) is 5.69 Å². The van der Waals surface area contributed by atoms with Gasteiger partial charge in [-0.2, -0.15) is 0 Å². The van der Waals surface area contributed by atoms with Gasteiger partial charge in [-0.1, -0.05) is 0 Å². The molecule has 2 aliphatic heterocycles. The number of hydrogen-bond donors (Lipinski definition) is 2. The first-order valence-corrected chi connectivity index (χ1v) is 9.41. The summed E-state index contributed by atoms with van der Waals surface area (Å²) in [7, 11) is 0. The van der Waals surface area contributed by atoms with Crippen LogP contribution in [0, 0.1) is 5.92 Å². The summed E-state index contributed by atoms with van der Waals surface area (Å²) in [6.07, 6.45) is 4.06. The summed E-state index contributed by atoms with van der Waals surface area (Å²) >= 11 is 0. The largest absolute Gasteiger partial charge is 0.350 e. The third-order valence-corrected chi connectivity index (χ3v) is 5.39. The second kappa shape index (κ2) is 7.89. The lowest BCUT2D eigenvalue weighted by Gasteiger charge is -2.32. The molecule has 2 N–H and O–H groups in total. The molecule has 1 unspecified atom stereocenters. The molecule has 6 heteroatoms. The molecule has 26 heavy (non-hydrogen) atoms. The number of nitrogens with one attached hydrogen (secondary N) is 2. The highest BCUT2D eigenvalue weighted by Gasteiger charge is 2.23. The summed E-state index contributed by atoms with van der Waals surface area (Å²) < 4.78 is 0. The second-order valence-corrected chi connectivity index (χ2v) is 7.48. The number of amides is 3. The van der Waals surface area contributed by atoms with Crippen LogP contribution in [0.15, 0.2) is 18.2 Å².